The molecule has 0 spiro atoms. The van der Waals surface area contributed by atoms with Gasteiger partial charge in [-0.25, -0.2) is 0 Å². The fourth-order valence-electron chi connectivity index (χ4n) is 8.49. The molecular formula is C27H46O6. The average Bonchev–Trinajstić information content (AvgIpc) is 3.10. The maximum absolute atomic E-state index is 13.1. The van der Waals surface area contributed by atoms with Gasteiger partial charge in [-0.1, -0.05) is 41.5 Å². The second-order valence-electron chi connectivity index (χ2n) is 12.9. The summed E-state index contributed by atoms with van der Waals surface area (Å²) in [7, 11) is 0. The van der Waals surface area contributed by atoms with Crippen molar-refractivity contribution in [2.24, 2.45) is 52.3 Å². The van der Waals surface area contributed by atoms with E-state index < -0.39 is 24.4 Å². The molecule has 3 saturated carbocycles. The Balaban J connectivity index is 1.56. The third-order valence-electron chi connectivity index (χ3n) is 11.1. The summed E-state index contributed by atoms with van der Waals surface area (Å²) in [6.07, 6.45) is 1.21. The molecule has 0 aromatic carbocycles. The molecule has 3 aliphatic carbocycles. The number of carbonyl (C=O) groups is 1. The fourth-order valence-corrected chi connectivity index (χ4v) is 8.49. The molecule has 4 aliphatic rings. The van der Waals surface area contributed by atoms with Crippen molar-refractivity contribution in [2.75, 3.05) is 0 Å². The van der Waals surface area contributed by atoms with E-state index in [2.05, 4.69) is 34.6 Å². The number of fused-ring (bicyclic) bond motifs is 5. The van der Waals surface area contributed by atoms with Gasteiger partial charge in [-0.15, -0.1) is 0 Å². The number of esters is 1. The zero-order valence-corrected chi connectivity index (χ0v) is 21.3. The molecule has 6 nitrogen and oxygen atoms in total. The third kappa shape index (κ3) is 3.88. The maximum atomic E-state index is 13.1. The van der Waals surface area contributed by atoms with Crippen LogP contribution in [0.5, 0.6) is 0 Å². The zero-order chi connectivity index (χ0) is 24.5. The molecule has 1 aliphatic heterocycles. The second-order valence-corrected chi connectivity index (χ2v) is 12.9. The first-order valence-corrected chi connectivity index (χ1v) is 13.3. The molecule has 4 fully saturated rings. The van der Waals surface area contributed by atoms with E-state index in [0.29, 0.717) is 12.3 Å². The molecule has 0 radical (unpaired) electrons. The van der Waals surface area contributed by atoms with Gasteiger partial charge in [0.25, 0.3) is 0 Å². The predicted molar refractivity (Wildman–Crippen MR) is 125 cm³/mol. The quantitative estimate of drug-likeness (QED) is 0.464. The first-order chi connectivity index (χ1) is 15.3. The van der Waals surface area contributed by atoms with E-state index in [0.717, 1.165) is 25.7 Å². The maximum Gasteiger partial charge on any atom is 0.309 e. The summed E-state index contributed by atoms with van der Waals surface area (Å²) in [6, 6.07) is 0. The van der Waals surface area contributed by atoms with Crippen LogP contribution in [0.2, 0.25) is 0 Å². The van der Waals surface area contributed by atoms with Crippen LogP contribution >= 0.6 is 0 Å². The van der Waals surface area contributed by atoms with Gasteiger partial charge in [0.05, 0.1) is 30.3 Å². The number of aliphatic hydroxyl groups is 4. The normalized spacial score (nSPS) is 48.8. The van der Waals surface area contributed by atoms with Crippen LogP contribution in [-0.2, 0) is 9.53 Å². The summed E-state index contributed by atoms with van der Waals surface area (Å²) in [5, 5.41) is 42.6. The summed E-state index contributed by atoms with van der Waals surface area (Å²) in [5.74, 6) is 0.375. The highest BCUT2D eigenvalue weighted by Gasteiger charge is 2.65. The Kier molecular flexibility index (Phi) is 6.74. The smallest absolute Gasteiger partial charge is 0.309 e. The van der Waals surface area contributed by atoms with Crippen molar-refractivity contribution in [3.05, 3.63) is 0 Å². The van der Waals surface area contributed by atoms with Crippen molar-refractivity contribution >= 4 is 5.97 Å². The molecule has 0 bridgehead atoms. The lowest BCUT2D eigenvalue weighted by Crippen LogP contribution is -2.62. The Morgan fingerprint density at radius 1 is 0.909 bits per heavy atom. The van der Waals surface area contributed by atoms with Gasteiger partial charge < -0.3 is 25.2 Å². The predicted octanol–water partition coefficient (Wildman–Crippen LogP) is 3.14. The van der Waals surface area contributed by atoms with E-state index in [9.17, 15) is 25.2 Å². The topological polar surface area (TPSA) is 107 Å². The molecule has 0 amide bonds. The monoisotopic (exact) mass is 466 g/mol. The number of rotatable bonds is 5. The highest BCUT2D eigenvalue weighted by molar-refractivity contribution is 5.75. The molecule has 190 valence electrons. The highest BCUT2D eigenvalue weighted by Crippen LogP contribution is 2.65. The van der Waals surface area contributed by atoms with Crippen LogP contribution < -0.4 is 0 Å². The van der Waals surface area contributed by atoms with Gasteiger partial charge in [-0.2, -0.15) is 0 Å². The zero-order valence-electron chi connectivity index (χ0n) is 21.3. The summed E-state index contributed by atoms with van der Waals surface area (Å²) in [5.41, 5.74) is -0.412. The molecule has 4 unspecified atom stereocenters. The largest absolute Gasteiger partial charge is 0.462 e. The van der Waals surface area contributed by atoms with Crippen LogP contribution in [0.4, 0.5) is 0 Å². The van der Waals surface area contributed by atoms with Crippen LogP contribution in [0, 0.1) is 52.3 Å². The number of hydrogen-bond donors (Lipinski definition) is 4. The molecule has 6 heteroatoms. The van der Waals surface area contributed by atoms with Gasteiger partial charge >= 0.3 is 5.97 Å². The Hall–Kier alpha value is -0.690. The van der Waals surface area contributed by atoms with Crippen molar-refractivity contribution in [3.8, 4) is 0 Å². The molecule has 1 heterocycles. The number of carbonyl (C=O) groups excluding carboxylic acids is 1. The van der Waals surface area contributed by atoms with Gasteiger partial charge in [0.15, 0.2) is 0 Å². The molecule has 0 aromatic rings. The fraction of sp³-hybridized carbons (Fsp3) is 0.963. The molecule has 0 aromatic heterocycles. The minimum absolute atomic E-state index is 0.0208. The van der Waals surface area contributed by atoms with Crippen LogP contribution in [0.25, 0.3) is 0 Å². The molecule has 33 heavy (non-hydrogen) atoms. The molecule has 13 atom stereocenters. The third-order valence-corrected chi connectivity index (χ3v) is 11.1. The van der Waals surface area contributed by atoms with E-state index in [1.165, 1.54) is 0 Å². The lowest BCUT2D eigenvalue weighted by Gasteiger charge is -2.60. The summed E-state index contributed by atoms with van der Waals surface area (Å²) < 4.78 is 6.15. The first kappa shape index (κ1) is 25.4. The average molecular weight is 467 g/mol. The van der Waals surface area contributed by atoms with Gasteiger partial charge in [0, 0.05) is 11.8 Å². The van der Waals surface area contributed by atoms with Gasteiger partial charge in [0.1, 0.15) is 6.10 Å². The van der Waals surface area contributed by atoms with Crippen molar-refractivity contribution < 1.29 is 30.0 Å². The van der Waals surface area contributed by atoms with E-state index in [1.54, 1.807) is 0 Å². The molecule has 4 rings (SSSR count). The Morgan fingerprint density at radius 3 is 2.18 bits per heavy atom. The van der Waals surface area contributed by atoms with E-state index in [4.69, 9.17) is 4.74 Å². The Morgan fingerprint density at radius 2 is 1.55 bits per heavy atom. The van der Waals surface area contributed by atoms with Gasteiger partial charge in [0.2, 0.25) is 0 Å². The van der Waals surface area contributed by atoms with E-state index >= 15 is 0 Å². The summed E-state index contributed by atoms with van der Waals surface area (Å²) >= 11 is 0. The number of ether oxygens (including phenoxy) is 1. The number of aliphatic hydroxyl groups excluding tert-OH is 4. The molecular weight excluding hydrogens is 420 g/mol. The minimum Gasteiger partial charge on any atom is -0.462 e. The number of hydrogen-bond acceptors (Lipinski definition) is 6. The van der Waals surface area contributed by atoms with Crippen LogP contribution in [0.3, 0.4) is 0 Å². The van der Waals surface area contributed by atoms with Crippen LogP contribution in [-0.4, -0.2) is 56.9 Å². The lowest BCUT2D eigenvalue weighted by atomic mass is 9.49. The summed E-state index contributed by atoms with van der Waals surface area (Å²) in [4.78, 5) is 13.1. The van der Waals surface area contributed by atoms with Gasteiger partial charge in [-0.3, -0.25) is 4.79 Å². The summed E-state index contributed by atoms with van der Waals surface area (Å²) in [6.45, 7) is 12.7. The van der Waals surface area contributed by atoms with E-state index in [1.807, 2.05) is 6.92 Å². The molecule has 4 N–H and O–H groups in total. The van der Waals surface area contributed by atoms with Crippen molar-refractivity contribution in [1.29, 1.82) is 0 Å². The second kappa shape index (κ2) is 8.76. The van der Waals surface area contributed by atoms with Crippen molar-refractivity contribution in [2.45, 2.75) is 111 Å². The Labute approximate surface area is 199 Å². The lowest BCUT2D eigenvalue weighted by molar-refractivity contribution is -0.226. The van der Waals surface area contributed by atoms with Crippen LogP contribution in [0.15, 0.2) is 0 Å². The minimum atomic E-state index is -0.862. The Bertz CT molecular complexity index is 740. The van der Waals surface area contributed by atoms with Crippen molar-refractivity contribution in [3.63, 3.8) is 0 Å². The SMILES string of the molecule is CC(C)[C@H](C)[C@@H](O)[C@H](O)[C@H](C)C1CCC2C3OC(=O)[C@H]4C[C@H](O)[C@@H](O)C[C@]4(C)C3CC[C@@]21C. The molecule has 1 saturated heterocycles. The van der Waals surface area contributed by atoms with E-state index in [-0.39, 0.29) is 64.8 Å². The van der Waals surface area contributed by atoms with Crippen LogP contribution in [0.1, 0.15) is 80.1 Å². The standard InChI is InChI=1S/C27H46O6/c1-13(2)14(3)22(30)23(31)15(4)16-7-8-17-24-18(9-10-26(16,17)5)27(6)12-21(29)20(28)11-19(27)25(32)33-24/h13-24,28-31H,7-12H2,1-6H3/t14-,15+,16?,17?,18?,19+,20-,21-,22+,23+,24?,26+,27+/m0/s1. The first-order valence-electron chi connectivity index (χ1n) is 13.3. The highest BCUT2D eigenvalue weighted by atomic mass is 16.5. The van der Waals surface area contributed by atoms with Gasteiger partial charge in [-0.05, 0) is 73.0 Å². The van der Waals surface area contributed by atoms with Crippen molar-refractivity contribution in [1.82, 2.24) is 0 Å².